The number of anilines is 1. The summed E-state index contributed by atoms with van der Waals surface area (Å²) in [5.41, 5.74) is 9.31. The van der Waals surface area contributed by atoms with Crippen LogP contribution in [0.15, 0.2) is 39.9 Å². The van der Waals surface area contributed by atoms with Crippen LogP contribution in [0.3, 0.4) is 0 Å². The fourth-order valence-corrected chi connectivity index (χ4v) is 3.11. The van der Waals surface area contributed by atoms with Crippen LogP contribution >= 0.6 is 23.1 Å². The predicted molar refractivity (Wildman–Crippen MR) is 69.5 cm³/mol. The standard InChI is InChI=1S/C12H13NS2/c1-9-11(13)3-2-4-12(9)15-8-10-5-6-14-7-10/h2-7H,8,13H2,1H3. The molecule has 3 heteroatoms. The maximum absolute atomic E-state index is 5.86. The zero-order valence-electron chi connectivity index (χ0n) is 8.57. The summed E-state index contributed by atoms with van der Waals surface area (Å²) in [6, 6.07) is 8.25. The van der Waals surface area contributed by atoms with Crippen LogP contribution in [0.4, 0.5) is 5.69 Å². The minimum atomic E-state index is 0.880. The lowest BCUT2D eigenvalue weighted by molar-refractivity contribution is 1.30. The first-order valence-corrected chi connectivity index (χ1v) is 6.69. The highest BCUT2D eigenvalue weighted by atomic mass is 32.2. The van der Waals surface area contributed by atoms with E-state index in [9.17, 15) is 0 Å². The summed E-state index contributed by atoms with van der Waals surface area (Å²) in [6.45, 7) is 2.07. The van der Waals surface area contributed by atoms with Crippen molar-refractivity contribution in [1.82, 2.24) is 0 Å². The van der Waals surface area contributed by atoms with Crippen molar-refractivity contribution in [3.63, 3.8) is 0 Å². The van der Waals surface area contributed by atoms with Crippen LogP contribution in [-0.2, 0) is 5.75 Å². The van der Waals surface area contributed by atoms with Gasteiger partial charge in [-0.2, -0.15) is 11.3 Å². The molecule has 0 amide bonds. The van der Waals surface area contributed by atoms with Gasteiger partial charge in [0.2, 0.25) is 0 Å². The van der Waals surface area contributed by atoms with Gasteiger partial charge in [-0.3, -0.25) is 0 Å². The second-order valence-corrected chi connectivity index (χ2v) is 5.19. The maximum Gasteiger partial charge on any atom is 0.0354 e. The molecule has 0 aliphatic carbocycles. The molecule has 1 nitrogen and oxygen atoms in total. The lowest BCUT2D eigenvalue weighted by atomic mass is 10.2. The number of rotatable bonds is 3. The number of hydrogen-bond acceptors (Lipinski definition) is 3. The Balaban J connectivity index is 2.08. The van der Waals surface area contributed by atoms with Crippen LogP contribution in [0, 0.1) is 6.92 Å². The summed E-state index contributed by atoms with van der Waals surface area (Å²) in [5, 5.41) is 4.30. The topological polar surface area (TPSA) is 26.0 Å². The highest BCUT2D eigenvalue weighted by molar-refractivity contribution is 7.98. The van der Waals surface area contributed by atoms with Gasteiger partial charge in [0, 0.05) is 16.3 Å². The van der Waals surface area contributed by atoms with Gasteiger partial charge >= 0.3 is 0 Å². The van der Waals surface area contributed by atoms with E-state index in [0.29, 0.717) is 0 Å². The Kier molecular flexibility index (Phi) is 3.34. The van der Waals surface area contributed by atoms with Crippen LogP contribution < -0.4 is 5.73 Å². The predicted octanol–water partition coefficient (Wildman–Crippen LogP) is 3.93. The quantitative estimate of drug-likeness (QED) is 0.644. The van der Waals surface area contributed by atoms with Gasteiger partial charge in [-0.25, -0.2) is 0 Å². The zero-order chi connectivity index (χ0) is 10.7. The van der Waals surface area contributed by atoms with E-state index in [-0.39, 0.29) is 0 Å². The fourth-order valence-electron chi connectivity index (χ4n) is 1.32. The summed E-state index contributed by atoms with van der Waals surface area (Å²) in [5.74, 6) is 1.02. The van der Waals surface area contributed by atoms with E-state index in [1.165, 1.54) is 16.0 Å². The molecule has 1 aromatic carbocycles. The Labute approximate surface area is 98.3 Å². The highest BCUT2D eigenvalue weighted by Gasteiger charge is 2.02. The second-order valence-electron chi connectivity index (χ2n) is 3.39. The molecule has 0 saturated carbocycles. The Morgan fingerprint density at radius 3 is 2.93 bits per heavy atom. The average molecular weight is 235 g/mol. The van der Waals surface area contributed by atoms with Crippen molar-refractivity contribution in [3.8, 4) is 0 Å². The number of hydrogen-bond donors (Lipinski definition) is 1. The van der Waals surface area contributed by atoms with Crippen LogP contribution in [0.1, 0.15) is 11.1 Å². The summed E-state index contributed by atoms with van der Waals surface area (Å²) in [6.07, 6.45) is 0. The second kappa shape index (κ2) is 4.73. The summed E-state index contributed by atoms with van der Waals surface area (Å²) in [7, 11) is 0. The largest absolute Gasteiger partial charge is 0.398 e. The van der Waals surface area contributed by atoms with Crippen molar-refractivity contribution in [3.05, 3.63) is 46.2 Å². The van der Waals surface area contributed by atoms with Gasteiger partial charge in [-0.05, 0) is 47.0 Å². The Morgan fingerprint density at radius 2 is 2.20 bits per heavy atom. The van der Waals surface area contributed by atoms with E-state index < -0.39 is 0 Å². The lowest BCUT2D eigenvalue weighted by Gasteiger charge is -2.06. The summed E-state index contributed by atoms with van der Waals surface area (Å²) >= 11 is 3.59. The molecule has 0 aliphatic rings. The zero-order valence-corrected chi connectivity index (χ0v) is 10.2. The van der Waals surface area contributed by atoms with E-state index in [0.717, 1.165) is 11.4 Å². The number of nitrogen functional groups attached to an aromatic ring is 1. The third-order valence-corrected chi connectivity index (χ3v) is 4.26. The minimum absolute atomic E-state index is 0.880. The molecule has 1 aromatic heterocycles. The van der Waals surface area contributed by atoms with Crippen LogP contribution in [0.5, 0.6) is 0 Å². The van der Waals surface area contributed by atoms with Crippen molar-refractivity contribution in [2.45, 2.75) is 17.6 Å². The third kappa shape index (κ3) is 2.55. The molecule has 0 bridgehead atoms. The van der Waals surface area contributed by atoms with Crippen molar-refractivity contribution >= 4 is 28.8 Å². The van der Waals surface area contributed by atoms with Gasteiger partial charge in [0.1, 0.15) is 0 Å². The molecule has 0 saturated heterocycles. The molecule has 1 heterocycles. The van der Waals surface area contributed by atoms with Gasteiger partial charge in [0.05, 0.1) is 0 Å². The monoisotopic (exact) mass is 235 g/mol. The van der Waals surface area contributed by atoms with E-state index in [4.69, 9.17) is 5.73 Å². The number of thiophene rings is 1. The maximum atomic E-state index is 5.86. The molecule has 2 rings (SSSR count). The van der Waals surface area contributed by atoms with Crippen LogP contribution in [0.2, 0.25) is 0 Å². The van der Waals surface area contributed by atoms with Crippen LogP contribution in [-0.4, -0.2) is 0 Å². The van der Waals surface area contributed by atoms with E-state index in [2.05, 4.69) is 29.8 Å². The average Bonchev–Trinajstić information content (AvgIpc) is 2.73. The van der Waals surface area contributed by atoms with Crippen molar-refractivity contribution < 1.29 is 0 Å². The van der Waals surface area contributed by atoms with Crippen LogP contribution in [0.25, 0.3) is 0 Å². The molecule has 0 unspecified atom stereocenters. The number of thioether (sulfide) groups is 1. The molecule has 0 spiro atoms. The minimum Gasteiger partial charge on any atom is -0.398 e. The van der Waals surface area contributed by atoms with E-state index in [1.807, 2.05) is 23.9 Å². The van der Waals surface area contributed by atoms with Crippen molar-refractivity contribution in [2.75, 3.05) is 5.73 Å². The lowest BCUT2D eigenvalue weighted by Crippen LogP contribution is -1.90. The molecule has 2 N–H and O–H groups in total. The first-order valence-electron chi connectivity index (χ1n) is 4.76. The number of benzene rings is 1. The molecule has 0 fully saturated rings. The Morgan fingerprint density at radius 1 is 1.33 bits per heavy atom. The molecule has 15 heavy (non-hydrogen) atoms. The summed E-state index contributed by atoms with van der Waals surface area (Å²) < 4.78 is 0. The Hall–Kier alpha value is -0.930. The van der Waals surface area contributed by atoms with Crippen molar-refractivity contribution in [2.24, 2.45) is 0 Å². The third-order valence-electron chi connectivity index (χ3n) is 2.30. The van der Waals surface area contributed by atoms with E-state index in [1.54, 1.807) is 11.3 Å². The van der Waals surface area contributed by atoms with Gasteiger partial charge in [0.15, 0.2) is 0 Å². The molecule has 78 valence electrons. The Bertz CT molecular complexity index is 435. The van der Waals surface area contributed by atoms with Crippen molar-refractivity contribution in [1.29, 1.82) is 0 Å². The molecular formula is C12H13NS2. The first kappa shape index (κ1) is 10.6. The SMILES string of the molecule is Cc1c(N)cccc1SCc1ccsc1. The van der Waals surface area contributed by atoms with E-state index >= 15 is 0 Å². The normalized spacial score (nSPS) is 10.5. The molecule has 2 aromatic rings. The van der Waals surface area contributed by atoms with Gasteiger partial charge in [-0.15, -0.1) is 11.8 Å². The molecule has 0 atom stereocenters. The molecular weight excluding hydrogens is 222 g/mol. The van der Waals surface area contributed by atoms with Gasteiger partial charge in [-0.1, -0.05) is 6.07 Å². The first-order chi connectivity index (χ1) is 7.27. The fraction of sp³-hybridized carbons (Fsp3) is 0.167. The van der Waals surface area contributed by atoms with Gasteiger partial charge < -0.3 is 5.73 Å². The molecule has 0 radical (unpaired) electrons. The number of nitrogens with two attached hydrogens (primary N) is 1. The summed E-state index contributed by atoms with van der Waals surface area (Å²) in [4.78, 5) is 1.28. The smallest absolute Gasteiger partial charge is 0.0354 e. The van der Waals surface area contributed by atoms with Gasteiger partial charge in [0.25, 0.3) is 0 Å². The highest BCUT2D eigenvalue weighted by Crippen LogP contribution is 2.29. The molecule has 0 aliphatic heterocycles.